The summed E-state index contributed by atoms with van der Waals surface area (Å²) in [5.41, 5.74) is 5.70. The van der Waals surface area contributed by atoms with Gasteiger partial charge < -0.3 is 10.5 Å². The van der Waals surface area contributed by atoms with Gasteiger partial charge in [-0.1, -0.05) is 0 Å². The molecule has 0 aromatic rings. The maximum Gasteiger partial charge on any atom is 0.282 e. The van der Waals surface area contributed by atoms with E-state index in [-0.39, 0.29) is 6.04 Å². The van der Waals surface area contributed by atoms with Gasteiger partial charge in [0.2, 0.25) is 0 Å². The van der Waals surface area contributed by atoms with Gasteiger partial charge in [-0.2, -0.15) is 17.0 Å². The van der Waals surface area contributed by atoms with Gasteiger partial charge in [-0.15, -0.1) is 0 Å². The van der Waals surface area contributed by atoms with Crippen LogP contribution in [0.2, 0.25) is 0 Å². The zero-order chi connectivity index (χ0) is 10.9. The lowest BCUT2D eigenvalue weighted by molar-refractivity contribution is 0.0706. The van der Waals surface area contributed by atoms with Crippen molar-refractivity contribution >= 4 is 10.2 Å². The molecular weight excluding hydrogens is 218 g/mol. The van der Waals surface area contributed by atoms with Crippen molar-refractivity contribution in [2.45, 2.75) is 12.5 Å². The Labute approximate surface area is 90.2 Å². The van der Waals surface area contributed by atoms with E-state index in [1.807, 2.05) is 0 Å². The summed E-state index contributed by atoms with van der Waals surface area (Å²) in [5, 5.41) is 0. The van der Waals surface area contributed by atoms with Crippen LogP contribution < -0.4 is 5.73 Å². The average Bonchev–Trinajstić information content (AvgIpc) is 2.67. The van der Waals surface area contributed by atoms with Gasteiger partial charge in [0.15, 0.2) is 0 Å². The molecule has 7 heteroatoms. The van der Waals surface area contributed by atoms with Crippen molar-refractivity contribution < 1.29 is 13.2 Å². The van der Waals surface area contributed by atoms with Gasteiger partial charge in [-0.25, -0.2) is 0 Å². The highest BCUT2D eigenvalue weighted by molar-refractivity contribution is 7.86. The van der Waals surface area contributed by atoms with Crippen molar-refractivity contribution in [1.29, 1.82) is 0 Å². The Bertz CT molecular complexity index is 302. The molecule has 0 amide bonds. The standard InChI is InChI=1S/C8H17N3O3S/c9-8-1-2-11(7-8)15(12,13)10-3-5-14-6-4-10/h8H,1-7,9H2/t8-/m1/s1. The minimum atomic E-state index is -3.29. The van der Waals surface area contributed by atoms with Crippen LogP contribution >= 0.6 is 0 Å². The molecule has 0 aromatic carbocycles. The number of rotatable bonds is 2. The molecule has 88 valence electrons. The number of nitrogens with zero attached hydrogens (tertiary/aromatic N) is 2. The van der Waals surface area contributed by atoms with Crippen molar-refractivity contribution in [3.05, 3.63) is 0 Å². The fourth-order valence-electron chi connectivity index (χ4n) is 1.90. The predicted octanol–water partition coefficient (Wildman–Crippen LogP) is -1.40. The molecular formula is C8H17N3O3S. The second kappa shape index (κ2) is 4.34. The Morgan fingerprint density at radius 2 is 1.80 bits per heavy atom. The highest BCUT2D eigenvalue weighted by Crippen LogP contribution is 2.16. The molecule has 15 heavy (non-hydrogen) atoms. The first-order valence-electron chi connectivity index (χ1n) is 5.19. The molecule has 2 fully saturated rings. The van der Waals surface area contributed by atoms with Crippen molar-refractivity contribution in [3.8, 4) is 0 Å². The van der Waals surface area contributed by atoms with Crippen molar-refractivity contribution in [2.75, 3.05) is 39.4 Å². The van der Waals surface area contributed by atoms with Gasteiger partial charge in [-0.05, 0) is 6.42 Å². The summed E-state index contributed by atoms with van der Waals surface area (Å²) < 4.78 is 32.2. The summed E-state index contributed by atoms with van der Waals surface area (Å²) in [7, 11) is -3.29. The normalized spacial score (nSPS) is 30.9. The highest BCUT2D eigenvalue weighted by Gasteiger charge is 2.34. The van der Waals surface area contributed by atoms with E-state index in [1.54, 1.807) is 0 Å². The third-order valence-electron chi connectivity index (χ3n) is 2.81. The molecule has 1 atom stereocenters. The summed E-state index contributed by atoms with van der Waals surface area (Å²) in [4.78, 5) is 0. The lowest BCUT2D eigenvalue weighted by Gasteiger charge is -2.29. The monoisotopic (exact) mass is 235 g/mol. The molecule has 2 heterocycles. The Kier molecular flexibility index (Phi) is 3.27. The van der Waals surface area contributed by atoms with Crippen molar-refractivity contribution in [3.63, 3.8) is 0 Å². The molecule has 2 saturated heterocycles. The number of morpholine rings is 1. The van der Waals surface area contributed by atoms with Gasteiger partial charge in [0.1, 0.15) is 0 Å². The minimum Gasteiger partial charge on any atom is -0.379 e. The van der Waals surface area contributed by atoms with Crippen LogP contribution in [0.4, 0.5) is 0 Å². The first-order valence-corrected chi connectivity index (χ1v) is 6.59. The van der Waals surface area contributed by atoms with Crippen molar-refractivity contribution in [2.24, 2.45) is 5.73 Å². The minimum absolute atomic E-state index is 0.0131. The number of ether oxygens (including phenoxy) is 1. The molecule has 0 unspecified atom stereocenters. The molecule has 2 rings (SSSR count). The van der Waals surface area contributed by atoms with Crippen LogP contribution in [0.15, 0.2) is 0 Å². The highest BCUT2D eigenvalue weighted by atomic mass is 32.2. The van der Waals surface area contributed by atoms with E-state index < -0.39 is 10.2 Å². The second-order valence-corrected chi connectivity index (χ2v) is 5.85. The second-order valence-electron chi connectivity index (χ2n) is 3.93. The molecule has 0 radical (unpaired) electrons. The van der Waals surface area contributed by atoms with Gasteiger partial charge >= 0.3 is 0 Å². The van der Waals surface area contributed by atoms with Crippen LogP contribution in [0.25, 0.3) is 0 Å². The van der Waals surface area contributed by atoms with Crippen LogP contribution in [0.1, 0.15) is 6.42 Å². The third kappa shape index (κ3) is 2.31. The zero-order valence-corrected chi connectivity index (χ0v) is 9.45. The summed E-state index contributed by atoms with van der Waals surface area (Å²) in [5.74, 6) is 0. The Balaban J connectivity index is 2.05. The van der Waals surface area contributed by atoms with Gasteiger partial charge in [0.05, 0.1) is 13.2 Å². The molecule has 0 aromatic heterocycles. The fraction of sp³-hybridized carbons (Fsp3) is 1.00. The Morgan fingerprint density at radius 3 is 2.33 bits per heavy atom. The van der Waals surface area contributed by atoms with Crippen LogP contribution in [0.3, 0.4) is 0 Å². The molecule has 2 aliphatic heterocycles. The fourth-order valence-corrected chi connectivity index (χ4v) is 3.56. The zero-order valence-electron chi connectivity index (χ0n) is 8.63. The van der Waals surface area contributed by atoms with E-state index in [2.05, 4.69) is 0 Å². The molecule has 6 nitrogen and oxygen atoms in total. The van der Waals surface area contributed by atoms with E-state index in [9.17, 15) is 8.42 Å². The van der Waals surface area contributed by atoms with E-state index in [0.717, 1.165) is 6.42 Å². The lowest BCUT2D eigenvalue weighted by Crippen LogP contribution is -2.48. The van der Waals surface area contributed by atoms with Gasteiger partial charge in [0, 0.05) is 32.2 Å². The van der Waals surface area contributed by atoms with E-state index >= 15 is 0 Å². The number of hydrogen-bond donors (Lipinski definition) is 1. The first-order chi connectivity index (χ1) is 7.10. The first kappa shape index (κ1) is 11.3. The third-order valence-corrected chi connectivity index (χ3v) is 4.81. The van der Waals surface area contributed by atoms with Gasteiger partial charge in [-0.3, -0.25) is 0 Å². The SMILES string of the molecule is N[C@@H]1CCN(S(=O)(=O)N2CCOCC2)C1. The summed E-state index contributed by atoms with van der Waals surface area (Å²) >= 11 is 0. The van der Waals surface area contributed by atoms with E-state index in [1.165, 1.54) is 8.61 Å². The maximum absolute atomic E-state index is 12.1. The average molecular weight is 235 g/mol. The van der Waals surface area contributed by atoms with Gasteiger partial charge in [0.25, 0.3) is 10.2 Å². The van der Waals surface area contributed by atoms with Crippen LogP contribution in [-0.2, 0) is 14.9 Å². The molecule has 0 bridgehead atoms. The molecule has 2 aliphatic rings. The quantitative estimate of drug-likeness (QED) is 0.638. The summed E-state index contributed by atoms with van der Waals surface area (Å²) in [6.45, 7) is 2.86. The number of hydrogen-bond acceptors (Lipinski definition) is 4. The van der Waals surface area contributed by atoms with E-state index in [0.29, 0.717) is 39.4 Å². The topological polar surface area (TPSA) is 75.9 Å². The molecule has 0 saturated carbocycles. The predicted molar refractivity (Wildman–Crippen MR) is 55.5 cm³/mol. The molecule has 0 aliphatic carbocycles. The lowest BCUT2D eigenvalue weighted by atomic mass is 10.3. The van der Waals surface area contributed by atoms with Crippen LogP contribution in [0.5, 0.6) is 0 Å². The van der Waals surface area contributed by atoms with Crippen LogP contribution in [0, 0.1) is 0 Å². The molecule has 2 N–H and O–H groups in total. The largest absolute Gasteiger partial charge is 0.379 e. The summed E-state index contributed by atoms with van der Waals surface area (Å²) in [6, 6.07) is -0.0131. The Hall–Kier alpha value is -0.210. The van der Waals surface area contributed by atoms with Crippen molar-refractivity contribution in [1.82, 2.24) is 8.61 Å². The van der Waals surface area contributed by atoms with E-state index in [4.69, 9.17) is 10.5 Å². The smallest absolute Gasteiger partial charge is 0.282 e. The molecule has 0 spiro atoms. The summed E-state index contributed by atoms with van der Waals surface area (Å²) in [6.07, 6.45) is 0.754. The van der Waals surface area contributed by atoms with Crippen LogP contribution in [-0.4, -0.2) is 62.5 Å². The Morgan fingerprint density at radius 1 is 1.13 bits per heavy atom. The maximum atomic E-state index is 12.1. The number of nitrogens with two attached hydrogens (primary N) is 1.